The molecule has 1 aromatic carbocycles. The molecular formula is C10H6Cl7. The van der Waals surface area contributed by atoms with E-state index in [-0.39, 0.29) is 0 Å². The van der Waals surface area contributed by atoms with Crippen molar-refractivity contribution in [3.63, 3.8) is 0 Å². The molecule has 1 aromatic rings. The zero-order chi connectivity index (χ0) is 13.5. The summed E-state index contributed by atoms with van der Waals surface area (Å²) in [6.07, 6.45) is 0. The lowest BCUT2D eigenvalue weighted by molar-refractivity contribution is 0.698. The molecule has 95 valence electrons. The third-order valence-electron chi connectivity index (χ3n) is 2.04. The van der Waals surface area contributed by atoms with Crippen LogP contribution >= 0.6 is 81.2 Å². The van der Waals surface area contributed by atoms with Gasteiger partial charge < -0.3 is 0 Å². The minimum atomic E-state index is -2.06. The minimum Gasteiger partial charge on any atom is -0.0930 e. The van der Waals surface area contributed by atoms with Gasteiger partial charge in [-0.15, -0.1) is 0 Å². The number of hydrogen-bond acceptors (Lipinski definition) is 0. The van der Waals surface area contributed by atoms with Crippen molar-refractivity contribution in [2.45, 2.75) is 12.5 Å². The standard InChI is InChI=1S/C10H6Cl7/c1-6-3-2-4-7(5-6)8(11,12)9(13,14)10(15,16)17/h2-5H,1H2. The van der Waals surface area contributed by atoms with Crippen molar-refractivity contribution < 1.29 is 0 Å². The fraction of sp³-hybridized carbons (Fsp3) is 0.300. The van der Waals surface area contributed by atoms with Crippen LogP contribution in [0.2, 0.25) is 0 Å². The molecule has 0 aliphatic rings. The molecule has 0 spiro atoms. The van der Waals surface area contributed by atoms with E-state index in [0.29, 0.717) is 11.1 Å². The normalized spacial score (nSPS) is 13.9. The van der Waals surface area contributed by atoms with Crippen molar-refractivity contribution in [1.82, 2.24) is 0 Å². The summed E-state index contributed by atoms with van der Waals surface area (Å²) >= 11 is 41.3. The second-order valence-corrected chi connectivity index (χ2v) is 8.28. The predicted molar refractivity (Wildman–Crippen MR) is 79.0 cm³/mol. The number of benzene rings is 1. The zero-order valence-corrected chi connectivity index (χ0v) is 13.5. The van der Waals surface area contributed by atoms with E-state index in [4.69, 9.17) is 81.2 Å². The summed E-state index contributed by atoms with van der Waals surface area (Å²) in [5.74, 6) is 0. The Kier molecular flexibility index (Phi) is 5.11. The molecule has 0 aromatic heterocycles. The van der Waals surface area contributed by atoms with Gasteiger partial charge in [0.1, 0.15) is 0 Å². The van der Waals surface area contributed by atoms with Crippen LogP contribution in [-0.2, 0) is 4.33 Å². The summed E-state index contributed by atoms with van der Waals surface area (Å²) in [6.45, 7) is 3.74. The van der Waals surface area contributed by atoms with Crippen LogP contribution in [0.5, 0.6) is 0 Å². The molecule has 0 saturated carbocycles. The quantitative estimate of drug-likeness (QED) is 0.554. The Bertz CT molecular complexity index is 405. The van der Waals surface area contributed by atoms with Gasteiger partial charge in [0.15, 0.2) is 4.33 Å². The van der Waals surface area contributed by atoms with Gasteiger partial charge in [0.05, 0.1) is 0 Å². The Hall–Kier alpha value is 1.25. The Morgan fingerprint density at radius 3 is 1.82 bits per heavy atom. The SMILES string of the molecule is [CH2]c1cccc(C(Cl)(Cl)C(Cl)(Cl)C(Cl)(Cl)Cl)c1. The molecule has 7 heteroatoms. The number of hydrogen-bond donors (Lipinski definition) is 0. The second kappa shape index (κ2) is 5.32. The summed E-state index contributed by atoms with van der Waals surface area (Å²) in [4.78, 5) is 0. The lowest BCUT2D eigenvalue weighted by atomic mass is 10.1. The number of halogens is 7. The molecule has 0 bridgehead atoms. The molecule has 0 nitrogen and oxygen atoms in total. The van der Waals surface area contributed by atoms with Gasteiger partial charge in [0, 0.05) is 0 Å². The van der Waals surface area contributed by atoms with Gasteiger partial charge in [0.2, 0.25) is 8.13 Å². The Labute approximate surface area is 135 Å². The van der Waals surface area contributed by atoms with Crippen molar-refractivity contribution in [2.24, 2.45) is 0 Å². The highest BCUT2D eigenvalue weighted by atomic mass is 35.6. The van der Waals surface area contributed by atoms with Crippen molar-refractivity contribution in [2.75, 3.05) is 0 Å². The first-order valence-electron chi connectivity index (χ1n) is 4.25. The maximum absolute atomic E-state index is 6.13. The monoisotopic (exact) mass is 371 g/mol. The van der Waals surface area contributed by atoms with E-state index in [1.54, 1.807) is 24.3 Å². The Balaban J connectivity index is 3.28. The van der Waals surface area contributed by atoms with Crippen LogP contribution < -0.4 is 0 Å². The Morgan fingerprint density at radius 2 is 1.41 bits per heavy atom. The average molecular weight is 374 g/mol. The molecule has 0 fully saturated rings. The van der Waals surface area contributed by atoms with E-state index in [0.717, 1.165) is 0 Å². The lowest BCUT2D eigenvalue weighted by Gasteiger charge is -2.37. The number of alkyl halides is 7. The van der Waals surface area contributed by atoms with Crippen LogP contribution in [0.3, 0.4) is 0 Å². The molecule has 17 heavy (non-hydrogen) atoms. The van der Waals surface area contributed by atoms with Crippen molar-refractivity contribution in [3.05, 3.63) is 42.3 Å². The summed E-state index contributed by atoms with van der Waals surface area (Å²) in [5.41, 5.74) is 1.08. The topological polar surface area (TPSA) is 0 Å². The molecule has 0 heterocycles. The first-order chi connectivity index (χ1) is 7.50. The van der Waals surface area contributed by atoms with Gasteiger partial charge in [-0.1, -0.05) is 105 Å². The summed E-state index contributed by atoms with van der Waals surface area (Å²) in [6, 6.07) is 6.67. The predicted octanol–water partition coefficient (Wildman–Crippen LogP) is 6.04. The summed E-state index contributed by atoms with van der Waals surface area (Å²) in [5, 5.41) is 0. The number of rotatable bonds is 2. The average Bonchev–Trinajstić information content (AvgIpc) is 2.15. The lowest BCUT2D eigenvalue weighted by Crippen LogP contribution is -2.45. The maximum atomic E-state index is 6.13. The zero-order valence-electron chi connectivity index (χ0n) is 8.16. The molecular weight excluding hydrogens is 368 g/mol. The maximum Gasteiger partial charge on any atom is 0.226 e. The fourth-order valence-electron chi connectivity index (χ4n) is 1.13. The third kappa shape index (κ3) is 3.23. The van der Waals surface area contributed by atoms with Crippen LogP contribution in [0.15, 0.2) is 24.3 Å². The smallest absolute Gasteiger partial charge is 0.0930 e. The molecule has 0 aliphatic carbocycles. The van der Waals surface area contributed by atoms with Gasteiger partial charge in [-0.2, -0.15) is 0 Å². The van der Waals surface area contributed by atoms with E-state index < -0.39 is 12.5 Å². The fourth-order valence-corrected chi connectivity index (χ4v) is 2.58. The van der Waals surface area contributed by atoms with Gasteiger partial charge >= 0.3 is 0 Å². The van der Waals surface area contributed by atoms with Gasteiger partial charge in [-0.05, 0) is 18.1 Å². The molecule has 1 rings (SSSR count). The van der Waals surface area contributed by atoms with Gasteiger partial charge in [-0.25, -0.2) is 0 Å². The molecule has 0 atom stereocenters. The van der Waals surface area contributed by atoms with Crippen molar-refractivity contribution in [1.29, 1.82) is 0 Å². The van der Waals surface area contributed by atoms with Crippen LogP contribution in [0.4, 0.5) is 0 Å². The van der Waals surface area contributed by atoms with Crippen LogP contribution in [0, 0.1) is 6.92 Å². The molecule has 0 saturated heterocycles. The van der Waals surface area contributed by atoms with Gasteiger partial charge in [-0.3, -0.25) is 0 Å². The molecule has 0 unspecified atom stereocenters. The molecule has 0 aliphatic heterocycles. The molecule has 0 N–H and O–H groups in total. The largest absolute Gasteiger partial charge is 0.226 e. The first kappa shape index (κ1) is 16.3. The van der Waals surface area contributed by atoms with E-state index >= 15 is 0 Å². The highest BCUT2D eigenvalue weighted by Crippen LogP contribution is 2.60. The molecule has 0 amide bonds. The highest BCUT2D eigenvalue weighted by Gasteiger charge is 2.60. The third-order valence-corrected chi connectivity index (χ3v) is 5.99. The van der Waals surface area contributed by atoms with Crippen LogP contribution in [-0.4, -0.2) is 8.13 Å². The van der Waals surface area contributed by atoms with Crippen LogP contribution in [0.1, 0.15) is 11.1 Å². The summed E-state index contributed by atoms with van der Waals surface area (Å²) < 4.78 is -5.88. The van der Waals surface area contributed by atoms with Crippen LogP contribution in [0.25, 0.3) is 0 Å². The molecule has 1 radical (unpaired) electrons. The van der Waals surface area contributed by atoms with E-state index in [1.807, 2.05) is 0 Å². The Morgan fingerprint density at radius 1 is 0.882 bits per heavy atom. The summed E-state index contributed by atoms with van der Waals surface area (Å²) in [7, 11) is 0. The van der Waals surface area contributed by atoms with Crippen molar-refractivity contribution in [3.8, 4) is 0 Å². The highest BCUT2D eigenvalue weighted by molar-refractivity contribution is 6.78. The van der Waals surface area contributed by atoms with E-state index in [9.17, 15) is 0 Å². The van der Waals surface area contributed by atoms with E-state index in [1.165, 1.54) is 0 Å². The van der Waals surface area contributed by atoms with Crippen molar-refractivity contribution >= 4 is 81.2 Å². The second-order valence-electron chi connectivity index (χ2n) is 3.35. The minimum absolute atomic E-state index is 0.393. The van der Waals surface area contributed by atoms with E-state index in [2.05, 4.69) is 6.92 Å². The van der Waals surface area contributed by atoms with Gasteiger partial charge in [0.25, 0.3) is 0 Å². The first-order valence-corrected chi connectivity index (χ1v) is 6.89.